The number of nitrogens with one attached hydrogen (secondary N) is 1. The number of methoxy groups -OCH3 is 1. The topological polar surface area (TPSA) is 80.5 Å². The first-order chi connectivity index (χ1) is 12.2. The van der Waals surface area contributed by atoms with Crippen molar-refractivity contribution in [1.29, 1.82) is 0 Å². The van der Waals surface area contributed by atoms with Gasteiger partial charge in [-0.3, -0.25) is 0 Å². The van der Waals surface area contributed by atoms with Gasteiger partial charge in [0.2, 0.25) is 11.8 Å². The van der Waals surface area contributed by atoms with Crippen LogP contribution in [-0.4, -0.2) is 54.5 Å². The van der Waals surface area contributed by atoms with Crippen molar-refractivity contribution in [2.24, 2.45) is 0 Å². The number of carbonyl (C=O) groups excluding carboxylic acids is 1. The molecule has 1 fully saturated rings. The van der Waals surface area contributed by atoms with Crippen molar-refractivity contribution in [2.45, 2.75) is 18.8 Å². The fourth-order valence-corrected chi connectivity index (χ4v) is 2.84. The van der Waals surface area contributed by atoms with Crippen LogP contribution in [0.2, 0.25) is 0 Å². The van der Waals surface area contributed by atoms with Gasteiger partial charge in [0.05, 0.1) is 12.5 Å². The monoisotopic (exact) mass is 348 g/mol. The molecular formula is C17H21FN4O3. The smallest absolute Gasteiger partial charge is 0.317 e. The quantitative estimate of drug-likeness (QED) is 0.839. The molecule has 1 atom stereocenters. The Labute approximate surface area is 145 Å². The Morgan fingerprint density at radius 3 is 2.96 bits per heavy atom. The summed E-state index contributed by atoms with van der Waals surface area (Å²) >= 11 is 0. The minimum atomic E-state index is -0.314. The predicted molar refractivity (Wildman–Crippen MR) is 88.5 cm³/mol. The lowest BCUT2D eigenvalue weighted by atomic mass is 9.98. The van der Waals surface area contributed by atoms with Gasteiger partial charge in [-0.15, -0.1) is 10.2 Å². The number of urea groups is 1. The van der Waals surface area contributed by atoms with Crippen LogP contribution in [0.3, 0.4) is 0 Å². The lowest BCUT2D eigenvalue weighted by molar-refractivity contribution is 0.164. The van der Waals surface area contributed by atoms with Crippen molar-refractivity contribution in [3.8, 4) is 11.5 Å². The van der Waals surface area contributed by atoms with Gasteiger partial charge in [-0.25, -0.2) is 9.18 Å². The first kappa shape index (κ1) is 17.3. The molecule has 2 aromatic rings. The van der Waals surface area contributed by atoms with Crippen molar-refractivity contribution in [2.75, 3.05) is 33.4 Å². The number of ether oxygens (including phenoxy) is 1. The molecule has 1 unspecified atom stereocenters. The standard InChI is InChI=1S/C17H21FN4O3/c1-24-10-8-19-17(23)22-9-2-3-13(11-22)16-21-20-15(25-16)12-4-6-14(18)7-5-12/h4-7,13H,2-3,8-11H2,1H3,(H,19,23). The van der Waals surface area contributed by atoms with E-state index in [0.717, 1.165) is 12.8 Å². The Bertz CT molecular complexity index is 704. The Hall–Kier alpha value is -2.48. The van der Waals surface area contributed by atoms with Gasteiger partial charge in [0.25, 0.3) is 0 Å². The summed E-state index contributed by atoms with van der Waals surface area (Å²) in [5.74, 6) is 0.555. The van der Waals surface area contributed by atoms with E-state index in [-0.39, 0.29) is 17.8 Å². The van der Waals surface area contributed by atoms with Gasteiger partial charge in [-0.05, 0) is 37.1 Å². The number of amides is 2. The molecule has 0 radical (unpaired) electrons. The summed E-state index contributed by atoms with van der Waals surface area (Å²) in [6, 6.07) is 5.80. The lowest BCUT2D eigenvalue weighted by Crippen LogP contribution is -2.45. The highest BCUT2D eigenvalue weighted by Gasteiger charge is 2.28. The molecule has 2 amide bonds. The van der Waals surface area contributed by atoms with Gasteiger partial charge in [0.15, 0.2) is 0 Å². The highest BCUT2D eigenvalue weighted by atomic mass is 19.1. The molecule has 0 saturated carbocycles. The number of aromatic nitrogens is 2. The van der Waals surface area contributed by atoms with Crippen LogP contribution in [0.25, 0.3) is 11.5 Å². The average Bonchev–Trinajstić information content (AvgIpc) is 3.13. The van der Waals surface area contributed by atoms with E-state index in [0.29, 0.717) is 43.6 Å². The summed E-state index contributed by atoms with van der Waals surface area (Å²) < 4.78 is 23.7. The van der Waals surface area contributed by atoms with Crippen LogP contribution in [0.1, 0.15) is 24.7 Å². The predicted octanol–water partition coefficient (Wildman–Crippen LogP) is 2.41. The SMILES string of the molecule is COCCNC(=O)N1CCCC(c2nnc(-c3ccc(F)cc3)o2)C1. The summed E-state index contributed by atoms with van der Waals surface area (Å²) in [4.78, 5) is 13.9. The van der Waals surface area contributed by atoms with Crippen molar-refractivity contribution in [3.05, 3.63) is 36.0 Å². The summed E-state index contributed by atoms with van der Waals surface area (Å²) in [5, 5.41) is 11.0. The summed E-state index contributed by atoms with van der Waals surface area (Å²) in [7, 11) is 1.59. The molecule has 7 nitrogen and oxygen atoms in total. The summed E-state index contributed by atoms with van der Waals surface area (Å²) in [5.41, 5.74) is 0.671. The van der Waals surface area contributed by atoms with E-state index >= 15 is 0 Å². The van der Waals surface area contributed by atoms with E-state index in [4.69, 9.17) is 9.15 Å². The van der Waals surface area contributed by atoms with Crippen molar-refractivity contribution in [1.82, 2.24) is 20.4 Å². The first-order valence-corrected chi connectivity index (χ1v) is 8.28. The van der Waals surface area contributed by atoms with Gasteiger partial charge in [0, 0.05) is 32.3 Å². The molecule has 1 aliphatic heterocycles. The van der Waals surface area contributed by atoms with Crippen LogP contribution in [0.4, 0.5) is 9.18 Å². The number of piperidine rings is 1. The Morgan fingerprint density at radius 2 is 2.20 bits per heavy atom. The largest absolute Gasteiger partial charge is 0.420 e. The van der Waals surface area contributed by atoms with Crippen LogP contribution >= 0.6 is 0 Å². The van der Waals surface area contributed by atoms with Gasteiger partial charge in [0.1, 0.15) is 5.82 Å². The zero-order chi connectivity index (χ0) is 17.6. The van der Waals surface area contributed by atoms with Crippen LogP contribution in [-0.2, 0) is 4.74 Å². The lowest BCUT2D eigenvalue weighted by Gasteiger charge is -2.31. The molecular weight excluding hydrogens is 327 g/mol. The van der Waals surface area contributed by atoms with Crippen molar-refractivity contribution >= 4 is 6.03 Å². The highest BCUT2D eigenvalue weighted by molar-refractivity contribution is 5.74. The van der Waals surface area contributed by atoms with Crippen LogP contribution < -0.4 is 5.32 Å². The fraction of sp³-hybridized carbons (Fsp3) is 0.471. The zero-order valence-corrected chi connectivity index (χ0v) is 14.1. The second kappa shape index (κ2) is 8.06. The zero-order valence-electron chi connectivity index (χ0n) is 14.1. The second-order valence-corrected chi connectivity index (χ2v) is 5.96. The minimum absolute atomic E-state index is 0.00336. The Kier molecular flexibility index (Phi) is 5.60. The van der Waals surface area contributed by atoms with Crippen LogP contribution in [0.5, 0.6) is 0 Å². The number of likely N-dealkylation sites (tertiary alicyclic amines) is 1. The van der Waals surface area contributed by atoms with E-state index in [1.807, 2.05) is 0 Å². The molecule has 1 aromatic heterocycles. The Morgan fingerprint density at radius 1 is 1.40 bits per heavy atom. The third-order valence-corrected chi connectivity index (χ3v) is 4.17. The molecule has 3 rings (SSSR count). The molecule has 1 aliphatic rings. The number of halogens is 1. The molecule has 1 saturated heterocycles. The van der Waals surface area contributed by atoms with Gasteiger partial charge in [-0.1, -0.05) is 0 Å². The Balaban J connectivity index is 1.63. The van der Waals surface area contributed by atoms with E-state index in [1.54, 1.807) is 24.1 Å². The molecule has 0 spiro atoms. The van der Waals surface area contributed by atoms with Gasteiger partial charge < -0.3 is 19.4 Å². The van der Waals surface area contributed by atoms with E-state index < -0.39 is 0 Å². The number of hydrogen-bond donors (Lipinski definition) is 1. The van der Waals surface area contributed by atoms with E-state index in [2.05, 4.69) is 15.5 Å². The van der Waals surface area contributed by atoms with Crippen LogP contribution in [0, 0.1) is 5.82 Å². The second-order valence-electron chi connectivity index (χ2n) is 5.96. The van der Waals surface area contributed by atoms with Crippen LogP contribution in [0.15, 0.2) is 28.7 Å². The fourth-order valence-electron chi connectivity index (χ4n) is 2.84. The van der Waals surface area contributed by atoms with Gasteiger partial charge in [-0.2, -0.15) is 0 Å². The van der Waals surface area contributed by atoms with Gasteiger partial charge >= 0.3 is 6.03 Å². The highest BCUT2D eigenvalue weighted by Crippen LogP contribution is 2.28. The third-order valence-electron chi connectivity index (χ3n) is 4.17. The summed E-state index contributed by atoms with van der Waals surface area (Å²) in [6.45, 7) is 2.19. The third kappa shape index (κ3) is 4.33. The number of hydrogen-bond acceptors (Lipinski definition) is 5. The average molecular weight is 348 g/mol. The van der Waals surface area contributed by atoms with Crippen molar-refractivity contribution < 1.29 is 18.3 Å². The molecule has 1 aromatic carbocycles. The number of benzene rings is 1. The molecule has 0 bridgehead atoms. The van der Waals surface area contributed by atoms with E-state index in [9.17, 15) is 9.18 Å². The molecule has 1 N–H and O–H groups in total. The molecule has 0 aliphatic carbocycles. The number of nitrogens with zero attached hydrogens (tertiary/aromatic N) is 3. The maximum atomic E-state index is 13.0. The maximum Gasteiger partial charge on any atom is 0.317 e. The van der Waals surface area contributed by atoms with E-state index in [1.165, 1.54) is 12.1 Å². The first-order valence-electron chi connectivity index (χ1n) is 8.28. The summed E-state index contributed by atoms with van der Waals surface area (Å²) in [6.07, 6.45) is 1.75. The maximum absolute atomic E-state index is 13.0. The normalized spacial score (nSPS) is 17.5. The molecule has 134 valence electrons. The molecule has 25 heavy (non-hydrogen) atoms. The molecule has 8 heteroatoms. The number of rotatable bonds is 5. The molecule has 2 heterocycles. The van der Waals surface area contributed by atoms with Crippen molar-refractivity contribution in [3.63, 3.8) is 0 Å². The number of carbonyl (C=O) groups is 1. The minimum Gasteiger partial charge on any atom is -0.420 e.